The van der Waals surface area contributed by atoms with Crippen molar-refractivity contribution in [2.24, 2.45) is 0 Å². The lowest BCUT2D eigenvalue weighted by atomic mass is 10.3. The van der Waals surface area contributed by atoms with E-state index in [4.69, 9.17) is 9.94 Å². The van der Waals surface area contributed by atoms with Crippen LogP contribution < -0.4 is 10.3 Å². The Labute approximate surface area is 84.1 Å². The average molecular weight is 204 g/mol. The summed E-state index contributed by atoms with van der Waals surface area (Å²) in [5.74, 6) is 0.957. The first-order chi connectivity index (χ1) is 5.83. The van der Waals surface area contributed by atoms with Crippen molar-refractivity contribution in [3.05, 3.63) is 24.3 Å². The van der Waals surface area contributed by atoms with Gasteiger partial charge in [-0.05, 0) is 30.7 Å². The van der Waals surface area contributed by atoms with E-state index in [1.54, 1.807) is 24.3 Å². The molecule has 0 atom stereocenters. The fourth-order valence-corrected chi connectivity index (χ4v) is 0.751. The maximum atomic E-state index is 8.95. The van der Waals surface area contributed by atoms with Crippen LogP contribution in [0.1, 0.15) is 13.3 Å². The third kappa shape index (κ3) is 4.60. The number of aromatic hydroxyl groups is 1. The van der Waals surface area contributed by atoms with Gasteiger partial charge in [0.25, 0.3) is 0 Å². The predicted octanol–water partition coefficient (Wildman–Crippen LogP) is 2.11. The minimum absolute atomic E-state index is 0. The third-order valence-corrected chi connectivity index (χ3v) is 1.38. The van der Waals surface area contributed by atoms with Crippen molar-refractivity contribution in [2.45, 2.75) is 13.3 Å². The number of phenolic OH excluding ortho intramolecular Hbond substituents is 1. The lowest BCUT2D eigenvalue weighted by Crippen LogP contribution is -2.18. The van der Waals surface area contributed by atoms with Crippen LogP contribution in [0, 0.1) is 0 Å². The summed E-state index contributed by atoms with van der Waals surface area (Å²) in [6.07, 6.45) is 1.03. The van der Waals surface area contributed by atoms with Crippen LogP contribution in [0.5, 0.6) is 11.5 Å². The highest BCUT2D eigenvalue weighted by molar-refractivity contribution is 5.85. The number of nitrogens with one attached hydrogen (secondary N) is 1. The van der Waals surface area contributed by atoms with Gasteiger partial charge in [-0.1, -0.05) is 6.92 Å². The van der Waals surface area contributed by atoms with Gasteiger partial charge in [0.05, 0.1) is 0 Å². The molecule has 1 aromatic rings. The molecule has 4 heteroatoms. The molecule has 0 aromatic heterocycles. The number of hydrogen-bond donors (Lipinski definition) is 2. The normalized spacial score (nSPS) is 9.00. The third-order valence-electron chi connectivity index (χ3n) is 1.38. The highest BCUT2D eigenvalue weighted by Gasteiger charge is 1.91. The van der Waals surface area contributed by atoms with Crippen molar-refractivity contribution < 1.29 is 9.94 Å². The Bertz CT molecular complexity index is 226. The van der Waals surface area contributed by atoms with E-state index in [0.717, 1.165) is 13.0 Å². The van der Waals surface area contributed by atoms with Gasteiger partial charge in [0.15, 0.2) is 0 Å². The van der Waals surface area contributed by atoms with Gasteiger partial charge in [-0.3, -0.25) is 0 Å². The molecule has 0 aliphatic carbocycles. The van der Waals surface area contributed by atoms with E-state index in [1.165, 1.54) is 0 Å². The highest BCUT2D eigenvalue weighted by Crippen LogP contribution is 2.14. The summed E-state index contributed by atoms with van der Waals surface area (Å²) in [5, 5.41) is 8.95. The molecule has 1 aromatic carbocycles. The Morgan fingerprint density at radius 3 is 2.46 bits per heavy atom. The van der Waals surface area contributed by atoms with E-state index in [1.807, 2.05) is 0 Å². The summed E-state index contributed by atoms with van der Waals surface area (Å²) in [6, 6.07) is 6.59. The van der Waals surface area contributed by atoms with Crippen molar-refractivity contribution >= 4 is 12.4 Å². The second kappa shape index (κ2) is 6.57. The zero-order chi connectivity index (χ0) is 8.81. The van der Waals surface area contributed by atoms with Crippen LogP contribution >= 0.6 is 12.4 Å². The van der Waals surface area contributed by atoms with Gasteiger partial charge in [-0.2, -0.15) is 5.48 Å². The molecule has 0 saturated carbocycles. The van der Waals surface area contributed by atoms with E-state index in [2.05, 4.69) is 12.4 Å². The lowest BCUT2D eigenvalue weighted by Gasteiger charge is -2.04. The van der Waals surface area contributed by atoms with Crippen molar-refractivity contribution in [2.75, 3.05) is 6.54 Å². The molecule has 1 rings (SSSR count). The number of rotatable bonds is 4. The first kappa shape index (κ1) is 12.1. The predicted molar refractivity (Wildman–Crippen MR) is 54.3 cm³/mol. The summed E-state index contributed by atoms with van der Waals surface area (Å²) >= 11 is 0. The summed E-state index contributed by atoms with van der Waals surface area (Å²) in [6.45, 7) is 2.88. The fourth-order valence-electron chi connectivity index (χ4n) is 0.751. The van der Waals surface area contributed by atoms with Crippen LogP contribution in [0.2, 0.25) is 0 Å². The smallest absolute Gasteiger partial charge is 0.147 e. The standard InChI is InChI=1S/C9H13NO2.ClH/c1-2-7-10-12-9-5-3-8(11)4-6-9;/h3-6,10-11H,2,7H2,1H3;1H. The molecule has 3 nitrogen and oxygen atoms in total. The quantitative estimate of drug-likeness (QED) is 0.582. The maximum absolute atomic E-state index is 8.95. The van der Waals surface area contributed by atoms with Crippen molar-refractivity contribution in [1.29, 1.82) is 0 Å². The molecule has 0 spiro atoms. The van der Waals surface area contributed by atoms with Crippen LogP contribution in [0.15, 0.2) is 24.3 Å². The fraction of sp³-hybridized carbons (Fsp3) is 0.333. The monoisotopic (exact) mass is 203 g/mol. The minimum atomic E-state index is 0. The minimum Gasteiger partial charge on any atom is -0.508 e. The number of halogens is 1. The molecule has 74 valence electrons. The highest BCUT2D eigenvalue weighted by atomic mass is 35.5. The lowest BCUT2D eigenvalue weighted by molar-refractivity contribution is 0.196. The molecule has 0 heterocycles. The molecule has 0 aliphatic heterocycles. The van der Waals surface area contributed by atoms with Crippen LogP contribution in [0.4, 0.5) is 0 Å². The van der Waals surface area contributed by atoms with Gasteiger partial charge in [0, 0.05) is 6.54 Å². The molecule has 13 heavy (non-hydrogen) atoms. The molecular formula is C9H14ClNO2. The van der Waals surface area contributed by atoms with Gasteiger partial charge in [-0.15, -0.1) is 12.4 Å². The Balaban J connectivity index is 0.00000144. The molecule has 0 amide bonds. The second-order valence-electron chi connectivity index (χ2n) is 2.49. The zero-order valence-electron chi connectivity index (χ0n) is 7.49. The first-order valence-corrected chi connectivity index (χ1v) is 4.01. The number of hydroxylamine groups is 1. The second-order valence-corrected chi connectivity index (χ2v) is 2.49. The van der Waals surface area contributed by atoms with Gasteiger partial charge in [0.1, 0.15) is 11.5 Å². The summed E-state index contributed by atoms with van der Waals surface area (Å²) in [4.78, 5) is 5.14. The van der Waals surface area contributed by atoms with E-state index >= 15 is 0 Å². The van der Waals surface area contributed by atoms with Crippen molar-refractivity contribution in [3.63, 3.8) is 0 Å². The molecule has 0 saturated heterocycles. The first-order valence-electron chi connectivity index (χ1n) is 4.01. The van der Waals surface area contributed by atoms with E-state index < -0.39 is 0 Å². The number of hydrogen-bond acceptors (Lipinski definition) is 3. The van der Waals surface area contributed by atoms with Crippen LogP contribution in [0.3, 0.4) is 0 Å². The van der Waals surface area contributed by atoms with Gasteiger partial charge >= 0.3 is 0 Å². The van der Waals surface area contributed by atoms with Gasteiger partial charge < -0.3 is 9.94 Å². The molecule has 0 bridgehead atoms. The molecule has 0 radical (unpaired) electrons. The zero-order valence-corrected chi connectivity index (χ0v) is 8.30. The maximum Gasteiger partial charge on any atom is 0.147 e. The van der Waals surface area contributed by atoms with Crippen molar-refractivity contribution in [3.8, 4) is 11.5 Å². The number of phenols is 1. The average Bonchev–Trinajstić information content (AvgIpc) is 2.09. The molecule has 0 unspecified atom stereocenters. The van der Waals surface area contributed by atoms with E-state index in [9.17, 15) is 0 Å². The summed E-state index contributed by atoms with van der Waals surface area (Å²) in [7, 11) is 0. The Kier molecular flexibility index (Phi) is 6.10. The Morgan fingerprint density at radius 2 is 1.92 bits per heavy atom. The molecule has 0 aliphatic rings. The largest absolute Gasteiger partial charge is 0.508 e. The number of benzene rings is 1. The summed E-state index contributed by atoms with van der Waals surface area (Å²) in [5.41, 5.74) is 2.79. The van der Waals surface area contributed by atoms with Crippen LogP contribution in [0.25, 0.3) is 0 Å². The van der Waals surface area contributed by atoms with Crippen LogP contribution in [-0.4, -0.2) is 11.7 Å². The molecule has 2 N–H and O–H groups in total. The Hall–Kier alpha value is -0.930. The van der Waals surface area contributed by atoms with Crippen molar-refractivity contribution in [1.82, 2.24) is 5.48 Å². The summed E-state index contributed by atoms with van der Waals surface area (Å²) < 4.78 is 0. The van der Waals surface area contributed by atoms with E-state index in [-0.39, 0.29) is 18.2 Å². The SMILES string of the molecule is CCCNOc1ccc(O)cc1.Cl. The van der Waals surface area contributed by atoms with Crippen LogP contribution in [-0.2, 0) is 0 Å². The van der Waals surface area contributed by atoms with E-state index in [0.29, 0.717) is 5.75 Å². The molecule has 0 fully saturated rings. The van der Waals surface area contributed by atoms with Gasteiger partial charge in [0.2, 0.25) is 0 Å². The Morgan fingerprint density at radius 1 is 1.31 bits per heavy atom. The topological polar surface area (TPSA) is 41.5 Å². The molecular weight excluding hydrogens is 190 g/mol. The van der Waals surface area contributed by atoms with Gasteiger partial charge in [-0.25, -0.2) is 0 Å².